The van der Waals surface area contributed by atoms with Gasteiger partial charge in [0.15, 0.2) is 5.78 Å². The number of thiophene rings is 1. The molecule has 1 heterocycles. The van der Waals surface area contributed by atoms with Gasteiger partial charge < -0.3 is 11.1 Å². The van der Waals surface area contributed by atoms with Crippen molar-refractivity contribution in [1.29, 1.82) is 0 Å². The summed E-state index contributed by atoms with van der Waals surface area (Å²) in [4.78, 5) is 12.0. The number of hydrogen-bond donors (Lipinski definition) is 2. The molecular formula is C13H20N2OS. The fraction of sp³-hybridized carbons (Fsp3) is 0.615. The molecule has 1 aliphatic rings. The molecule has 0 amide bonds. The molecule has 0 radical (unpaired) electrons. The Balaban J connectivity index is 1.99. The van der Waals surface area contributed by atoms with Gasteiger partial charge in [0, 0.05) is 13.0 Å². The van der Waals surface area contributed by atoms with Gasteiger partial charge in [0.05, 0.1) is 15.6 Å². The first-order chi connectivity index (χ1) is 8.06. The molecule has 0 aliphatic heterocycles. The highest BCUT2D eigenvalue weighted by molar-refractivity contribution is 7.18. The predicted molar refractivity (Wildman–Crippen MR) is 73.8 cm³/mol. The Morgan fingerprint density at radius 1 is 1.41 bits per heavy atom. The van der Waals surface area contributed by atoms with Gasteiger partial charge in [0.1, 0.15) is 0 Å². The molecule has 0 spiro atoms. The number of carbonyl (C=O) groups is 1. The van der Waals surface area contributed by atoms with Crippen molar-refractivity contribution >= 4 is 27.8 Å². The van der Waals surface area contributed by atoms with Crippen LogP contribution in [0.3, 0.4) is 0 Å². The molecule has 94 valence electrons. The van der Waals surface area contributed by atoms with Gasteiger partial charge in [-0.25, -0.2) is 0 Å². The number of rotatable bonds is 3. The minimum Gasteiger partial charge on any atom is -0.397 e. The molecule has 3 N–H and O–H groups in total. The van der Waals surface area contributed by atoms with Crippen LogP contribution in [-0.2, 0) is 0 Å². The second-order valence-electron chi connectivity index (χ2n) is 5.05. The summed E-state index contributed by atoms with van der Waals surface area (Å²) >= 11 is 1.48. The van der Waals surface area contributed by atoms with Crippen molar-refractivity contribution in [2.24, 2.45) is 5.92 Å². The van der Waals surface area contributed by atoms with E-state index in [2.05, 4.69) is 12.2 Å². The fourth-order valence-corrected chi connectivity index (χ4v) is 3.31. The van der Waals surface area contributed by atoms with Crippen LogP contribution in [0.4, 0.5) is 10.7 Å². The highest BCUT2D eigenvalue weighted by atomic mass is 32.1. The van der Waals surface area contributed by atoms with E-state index in [1.807, 2.05) is 6.07 Å². The van der Waals surface area contributed by atoms with Gasteiger partial charge in [0.2, 0.25) is 0 Å². The normalized spacial score (nSPS) is 24.6. The van der Waals surface area contributed by atoms with Crippen molar-refractivity contribution < 1.29 is 4.79 Å². The van der Waals surface area contributed by atoms with Crippen molar-refractivity contribution in [1.82, 2.24) is 0 Å². The van der Waals surface area contributed by atoms with E-state index >= 15 is 0 Å². The maximum atomic E-state index is 11.3. The molecule has 1 aromatic heterocycles. The van der Waals surface area contributed by atoms with E-state index in [4.69, 9.17) is 5.73 Å². The zero-order valence-corrected chi connectivity index (χ0v) is 11.3. The number of anilines is 2. The summed E-state index contributed by atoms with van der Waals surface area (Å²) in [5.41, 5.74) is 6.42. The van der Waals surface area contributed by atoms with E-state index in [0.29, 0.717) is 16.6 Å². The van der Waals surface area contributed by atoms with E-state index < -0.39 is 0 Å². The van der Waals surface area contributed by atoms with Crippen molar-refractivity contribution in [2.75, 3.05) is 11.1 Å². The second-order valence-corrected chi connectivity index (χ2v) is 6.10. The molecule has 4 heteroatoms. The van der Waals surface area contributed by atoms with Gasteiger partial charge in [-0.2, -0.15) is 0 Å². The van der Waals surface area contributed by atoms with Crippen molar-refractivity contribution in [2.45, 2.75) is 45.6 Å². The monoisotopic (exact) mass is 252 g/mol. The lowest BCUT2D eigenvalue weighted by molar-refractivity contribution is 0.102. The number of Topliss-reactive ketones (excluding diaryl/α,β-unsaturated/α-hetero) is 1. The summed E-state index contributed by atoms with van der Waals surface area (Å²) in [6.45, 7) is 3.88. The molecule has 17 heavy (non-hydrogen) atoms. The molecule has 0 bridgehead atoms. The van der Waals surface area contributed by atoms with Gasteiger partial charge >= 0.3 is 0 Å². The van der Waals surface area contributed by atoms with Crippen LogP contribution < -0.4 is 11.1 Å². The molecule has 2 rings (SSSR count). The first-order valence-corrected chi connectivity index (χ1v) is 7.04. The number of ketones is 1. The van der Waals surface area contributed by atoms with Crippen LogP contribution in [0.15, 0.2) is 6.07 Å². The third kappa shape index (κ3) is 3.00. The zero-order chi connectivity index (χ0) is 12.4. The molecule has 0 saturated heterocycles. The van der Waals surface area contributed by atoms with Gasteiger partial charge in [-0.05, 0) is 37.7 Å². The van der Waals surface area contributed by atoms with Crippen LogP contribution in [-0.4, -0.2) is 11.8 Å². The molecule has 0 aromatic carbocycles. The topological polar surface area (TPSA) is 55.1 Å². The van der Waals surface area contributed by atoms with Gasteiger partial charge in [-0.15, -0.1) is 11.3 Å². The lowest BCUT2D eigenvalue weighted by Crippen LogP contribution is -2.24. The lowest BCUT2D eigenvalue weighted by atomic mass is 9.87. The third-order valence-corrected chi connectivity index (χ3v) is 4.63. The Hall–Kier alpha value is -1.03. The summed E-state index contributed by atoms with van der Waals surface area (Å²) in [6, 6.07) is 2.43. The van der Waals surface area contributed by atoms with Gasteiger partial charge in [-0.3, -0.25) is 4.79 Å². The maximum absolute atomic E-state index is 11.3. The van der Waals surface area contributed by atoms with Crippen LogP contribution in [0.2, 0.25) is 0 Å². The molecule has 1 aromatic rings. The number of carbonyl (C=O) groups excluding carboxylic acids is 1. The first-order valence-electron chi connectivity index (χ1n) is 6.23. The van der Waals surface area contributed by atoms with Crippen molar-refractivity contribution in [3.63, 3.8) is 0 Å². The highest BCUT2D eigenvalue weighted by Gasteiger charge is 2.19. The van der Waals surface area contributed by atoms with Crippen LogP contribution in [0.1, 0.15) is 49.2 Å². The molecule has 3 nitrogen and oxygen atoms in total. The van der Waals surface area contributed by atoms with E-state index in [-0.39, 0.29) is 5.78 Å². The minimum absolute atomic E-state index is 0.0535. The first kappa shape index (κ1) is 12.4. The summed E-state index contributed by atoms with van der Waals surface area (Å²) in [5.74, 6) is 0.909. The summed E-state index contributed by atoms with van der Waals surface area (Å²) < 4.78 is 0. The average Bonchev–Trinajstić information content (AvgIpc) is 2.63. The van der Waals surface area contributed by atoms with E-state index in [0.717, 1.165) is 10.9 Å². The van der Waals surface area contributed by atoms with Gasteiger partial charge in [-0.1, -0.05) is 6.92 Å². The number of nitrogens with one attached hydrogen (secondary N) is 1. The van der Waals surface area contributed by atoms with Crippen LogP contribution >= 0.6 is 11.3 Å². The molecule has 0 unspecified atom stereocenters. The highest BCUT2D eigenvalue weighted by Crippen LogP contribution is 2.32. The largest absolute Gasteiger partial charge is 0.397 e. The molecule has 1 aliphatic carbocycles. The predicted octanol–water partition coefficient (Wildman–Crippen LogP) is 3.52. The minimum atomic E-state index is 0.0535. The zero-order valence-electron chi connectivity index (χ0n) is 10.5. The lowest BCUT2D eigenvalue weighted by Gasteiger charge is -2.27. The molecule has 0 atom stereocenters. The Kier molecular flexibility index (Phi) is 3.72. The number of hydrogen-bond acceptors (Lipinski definition) is 4. The summed E-state index contributed by atoms with van der Waals surface area (Å²) in [5, 5.41) is 4.54. The molecule has 1 fully saturated rings. The van der Waals surface area contributed by atoms with E-state index in [1.165, 1.54) is 37.0 Å². The fourth-order valence-electron chi connectivity index (χ4n) is 2.36. The maximum Gasteiger partial charge on any atom is 0.171 e. The number of nitrogens with two attached hydrogens (primary N) is 1. The molecular weight excluding hydrogens is 232 g/mol. The average molecular weight is 252 g/mol. The summed E-state index contributed by atoms with van der Waals surface area (Å²) in [6.07, 6.45) is 5.01. The molecule has 1 saturated carbocycles. The Morgan fingerprint density at radius 2 is 2.06 bits per heavy atom. The van der Waals surface area contributed by atoms with E-state index in [1.54, 1.807) is 6.92 Å². The van der Waals surface area contributed by atoms with Gasteiger partial charge in [0.25, 0.3) is 0 Å². The van der Waals surface area contributed by atoms with E-state index in [9.17, 15) is 4.79 Å². The number of nitrogen functional groups attached to an aromatic ring is 1. The standard InChI is InChI=1S/C13H20N2OS/c1-8-3-5-10(6-4-8)15-12-7-11(14)13(17-12)9(2)16/h7-8,10,15H,3-6,14H2,1-2H3. The SMILES string of the molecule is CC(=O)c1sc(NC2CCC(C)CC2)cc1N. The third-order valence-electron chi connectivity index (χ3n) is 3.44. The van der Waals surface area contributed by atoms with Crippen molar-refractivity contribution in [3.8, 4) is 0 Å². The quantitative estimate of drug-likeness (QED) is 0.809. The summed E-state index contributed by atoms with van der Waals surface area (Å²) in [7, 11) is 0. The van der Waals surface area contributed by atoms with Crippen LogP contribution in [0.5, 0.6) is 0 Å². The van der Waals surface area contributed by atoms with Crippen LogP contribution in [0, 0.1) is 5.92 Å². The van der Waals surface area contributed by atoms with Crippen LogP contribution in [0.25, 0.3) is 0 Å². The Bertz CT molecular complexity index is 406. The smallest absolute Gasteiger partial charge is 0.171 e. The second kappa shape index (κ2) is 5.08. The van der Waals surface area contributed by atoms with Crippen molar-refractivity contribution in [3.05, 3.63) is 10.9 Å². The Labute approximate surface area is 106 Å². The Morgan fingerprint density at radius 3 is 2.59 bits per heavy atom.